The molecular weight excluding hydrogens is 149 g/mol. The van der Waals surface area contributed by atoms with Gasteiger partial charge in [0, 0.05) is 0 Å². The molecule has 1 atom stereocenters. The molecule has 1 unspecified atom stereocenters. The van der Waals surface area contributed by atoms with Gasteiger partial charge in [0.25, 0.3) is 0 Å². The minimum absolute atomic E-state index is 0.157. The van der Waals surface area contributed by atoms with Crippen molar-refractivity contribution in [2.75, 3.05) is 6.26 Å². The minimum atomic E-state index is -4.02. The maximum atomic E-state index is 11.7. The van der Waals surface area contributed by atoms with E-state index in [0.717, 1.165) is 11.8 Å². The molecule has 0 aromatic heterocycles. The Bertz CT molecular complexity index is 74.8. The Morgan fingerprint density at radius 2 is 1.89 bits per heavy atom. The fraction of sp³-hybridized carbons (Fsp3) is 1.00. The van der Waals surface area contributed by atoms with Gasteiger partial charge in [-0.15, -0.1) is 0 Å². The summed E-state index contributed by atoms with van der Waals surface area (Å²) in [4.78, 5) is 0. The van der Waals surface area contributed by atoms with Crippen molar-refractivity contribution < 1.29 is 13.2 Å². The number of rotatable bonds is 2. The molecule has 0 rings (SSSR count). The maximum absolute atomic E-state index is 11.7. The predicted octanol–water partition coefficient (Wildman–Crippen LogP) is 2.69. The average Bonchev–Trinajstić information content (AvgIpc) is 1.65. The second-order valence-electron chi connectivity index (χ2n) is 1.67. The van der Waals surface area contributed by atoms with Gasteiger partial charge in [-0.3, -0.25) is 0 Å². The Labute approximate surface area is 56.8 Å². The zero-order chi connectivity index (χ0) is 7.49. The van der Waals surface area contributed by atoms with Crippen LogP contribution in [0.3, 0.4) is 0 Å². The van der Waals surface area contributed by atoms with Crippen molar-refractivity contribution >= 4 is 11.8 Å². The number of thioether (sulfide) groups is 1. The Kier molecular flexibility index (Phi) is 3.40. The SMILES string of the molecule is CCC(SC)C(F)(F)F. The Morgan fingerprint density at radius 3 is 1.89 bits per heavy atom. The van der Waals surface area contributed by atoms with Crippen LogP contribution in [0.2, 0.25) is 0 Å². The average molecular weight is 158 g/mol. The molecule has 0 radical (unpaired) electrons. The molecule has 0 heterocycles. The van der Waals surface area contributed by atoms with E-state index in [1.165, 1.54) is 13.2 Å². The second-order valence-corrected chi connectivity index (χ2v) is 2.71. The summed E-state index contributed by atoms with van der Waals surface area (Å²) in [7, 11) is 0. The van der Waals surface area contributed by atoms with E-state index in [1.807, 2.05) is 0 Å². The van der Waals surface area contributed by atoms with Crippen LogP contribution in [0.1, 0.15) is 13.3 Å². The van der Waals surface area contributed by atoms with Gasteiger partial charge < -0.3 is 0 Å². The summed E-state index contributed by atoms with van der Waals surface area (Å²) < 4.78 is 35.1. The molecule has 0 amide bonds. The van der Waals surface area contributed by atoms with Gasteiger partial charge in [0.1, 0.15) is 0 Å². The first-order chi connectivity index (χ1) is 4.02. The van der Waals surface area contributed by atoms with E-state index in [2.05, 4.69) is 0 Å². The van der Waals surface area contributed by atoms with Crippen molar-refractivity contribution in [1.29, 1.82) is 0 Å². The van der Waals surface area contributed by atoms with Gasteiger partial charge in [-0.25, -0.2) is 0 Å². The Balaban J connectivity index is 3.79. The van der Waals surface area contributed by atoms with Crippen LogP contribution in [-0.2, 0) is 0 Å². The molecule has 0 N–H and O–H groups in total. The van der Waals surface area contributed by atoms with Crippen molar-refractivity contribution in [1.82, 2.24) is 0 Å². The highest BCUT2D eigenvalue weighted by atomic mass is 32.2. The molecule has 0 aromatic carbocycles. The smallest absolute Gasteiger partial charge is 0.170 e. The second kappa shape index (κ2) is 3.34. The van der Waals surface area contributed by atoms with Gasteiger partial charge in [-0.1, -0.05) is 6.92 Å². The van der Waals surface area contributed by atoms with Crippen molar-refractivity contribution in [3.8, 4) is 0 Å². The van der Waals surface area contributed by atoms with Crippen LogP contribution in [0.25, 0.3) is 0 Å². The zero-order valence-corrected chi connectivity index (χ0v) is 6.14. The van der Waals surface area contributed by atoms with Gasteiger partial charge in [0.15, 0.2) is 0 Å². The molecule has 0 spiro atoms. The van der Waals surface area contributed by atoms with Crippen molar-refractivity contribution in [3.05, 3.63) is 0 Å². The monoisotopic (exact) mass is 158 g/mol. The zero-order valence-electron chi connectivity index (χ0n) is 5.33. The van der Waals surface area contributed by atoms with Crippen LogP contribution in [-0.4, -0.2) is 17.7 Å². The van der Waals surface area contributed by atoms with Crippen LogP contribution in [0.5, 0.6) is 0 Å². The third-order valence-corrected chi connectivity index (χ3v) is 2.19. The van der Waals surface area contributed by atoms with Crippen LogP contribution in [0.4, 0.5) is 13.2 Å². The molecule has 0 aliphatic heterocycles. The molecule has 0 nitrogen and oxygen atoms in total. The number of hydrogen-bond donors (Lipinski definition) is 0. The Hall–Kier alpha value is 0.140. The van der Waals surface area contributed by atoms with E-state index in [-0.39, 0.29) is 6.42 Å². The lowest BCUT2D eigenvalue weighted by Gasteiger charge is -2.14. The van der Waals surface area contributed by atoms with E-state index >= 15 is 0 Å². The number of hydrogen-bond acceptors (Lipinski definition) is 1. The molecule has 56 valence electrons. The maximum Gasteiger partial charge on any atom is 0.400 e. The largest absolute Gasteiger partial charge is 0.400 e. The van der Waals surface area contributed by atoms with Gasteiger partial charge in [-0.05, 0) is 12.7 Å². The van der Waals surface area contributed by atoms with Crippen molar-refractivity contribution in [2.24, 2.45) is 0 Å². The highest BCUT2D eigenvalue weighted by Crippen LogP contribution is 2.30. The topological polar surface area (TPSA) is 0 Å². The van der Waals surface area contributed by atoms with E-state index < -0.39 is 11.4 Å². The summed E-state index contributed by atoms with van der Waals surface area (Å²) in [5, 5.41) is -1.18. The fourth-order valence-electron chi connectivity index (χ4n) is 0.532. The molecule has 0 saturated heterocycles. The van der Waals surface area contributed by atoms with E-state index in [4.69, 9.17) is 0 Å². The summed E-state index contributed by atoms with van der Waals surface area (Å²) in [5.41, 5.74) is 0. The first kappa shape index (κ1) is 9.14. The predicted molar refractivity (Wildman–Crippen MR) is 33.6 cm³/mol. The lowest BCUT2D eigenvalue weighted by Crippen LogP contribution is -2.24. The molecule has 0 aliphatic carbocycles. The van der Waals surface area contributed by atoms with Crippen molar-refractivity contribution in [2.45, 2.75) is 24.8 Å². The quantitative estimate of drug-likeness (QED) is 0.595. The van der Waals surface area contributed by atoms with Crippen LogP contribution in [0.15, 0.2) is 0 Å². The minimum Gasteiger partial charge on any atom is -0.170 e. The first-order valence-electron chi connectivity index (χ1n) is 2.61. The first-order valence-corrected chi connectivity index (χ1v) is 3.90. The fourth-order valence-corrected chi connectivity index (χ4v) is 1.13. The number of halogens is 3. The highest BCUT2D eigenvalue weighted by Gasteiger charge is 2.37. The molecule has 0 aromatic rings. The summed E-state index contributed by atoms with van der Waals surface area (Å²) in [5.74, 6) is 0. The Morgan fingerprint density at radius 1 is 1.44 bits per heavy atom. The number of alkyl halides is 3. The molecule has 9 heavy (non-hydrogen) atoms. The van der Waals surface area contributed by atoms with E-state index in [9.17, 15) is 13.2 Å². The van der Waals surface area contributed by atoms with Crippen molar-refractivity contribution in [3.63, 3.8) is 0 Å². The molecule has 0 bridgehead atoms. The lowest BCUT2D eigenvalue weighted by atomic mass is 10.3. The summed E-state index contributed by atoms with van der Waals surface area (Å²) in [6, 6.07) is 0. The van der Waals surface area contributed by atoms with Gasteiger partial charge in [0.2, 0.25) is 0 Å². The lowest BCUT2D eigenvalue weighted by molar-refractivity contribution is -0.128. The summed E-state index contributed by atoms with van der Waals surface area (Å²) in [6.07, 6.45) is -2.39. The van der Waals surface area contributed by atoms with Gasteiger partial charge in [0.05, 0.1) is 5.25 Å². The molecule has 4 heteroatoms. The van der Waals surface area contributed by atoms with E-state index in [1.54, 1.807) is 0 Å². The third kappa shape index (κ3) is 2.98. The summed E-state index contributed by atoms with van der Waals surface area (Å²) >= 11 is 0.852. The van der Waals surface area contributed by atoms with E-state index in [0.29, 0.717) is 0 Å². The van der Waals surface area contributed by atoms with Gasteiger partial charge >= 0.3 is 6.18 Å². The normalized spacial score (nSPS) is 15.7. The molecule has 0 aliphatic rings. The standard InChI is InChI=1S/C5H9F3S/c1-3-4(9-2)5(6,7)8/h4H,3H2,1-2H3. The highest BCUT2D eigenvalue weighted by molar-refractivity contribution is 7.99. The molecule has 0 fully saturated rings. The summed E-state index contributed by atoms with van der Waals surface area (Å²) in [6.45, 7) is 1.54. The molecular formula is C5H9F3S. The van der Waals surface area contributed by atoms with Gasteiger partial charge in [-0.2, -0.15) is 24.9 Å². The van der Waals surface area contributed by atoms with Crippen LogP contribution < -0.4 is 0 Å². The van der Waals surface area contributed by atoms with Crippen LogP contribution in [0, 0.1) is 0 Å². The third-order valence-electron chi connectivity index (χ3n) is 1.02. The molecule has 0 saturated carbocycles. The van der Waals surface area contributed by atoms with Crippen LogP contribution >= 0.6 is 11.8 Å².